The first-order chi connectivity index (χ1) is 9.24. The Morgan fingerprint density at radius 1 is 1.30 bits per heavy atom. The van der Waals surface area contributed by atoms with Gasteiger partial charge < -0.3 is 5.11 Å². The van der Waals surface area contributed by atoms with Crippen LogP contribution in [-0.4, -0.2) is 11.1 Å². The van der Waals surface area contributed by atoms with Gasteiger partial charge in [0, 0.05) is 5.02 Å². The minimum atomic E-state index is -0.770. The number of hydrogen-bond donors (Lipinski definition) is 1. The molecule has 0 aliphatic heterocycles. The van der Waals surface area contributed by atoms with Crippen LogP contribution in [0.4, 0.5) is 4.39 Å². The van der Waals surface area contributed by atoms with Crippen molar-refractivity contribution < 1.29 is 14.3 Å². The number of carbonyl (C=O) groups is 1. The number of carboxylic acids is 1. The van der Waals surface area contributed by atoms with E-state index in [9.17, 15) is 14.3 Å². The molecular weight excluding hydrogens is 279 g/mol. The van der Waals surface area contributed by atoms with E-state index in [1.807, 2.05) is 0 Å². The zero-order chi connectivity index (χ0) is 15.0. The van der Waals surface area contributed by atoms with E-state index in [-0.39, 0.29) is 5.41 Å². The van der Waals surface area contributed by atoms with Gasteiger partial charge in [-0.3, -0.25) is 4.79 Å². The normalized spacial score (nSPS) is 20.6. The molecule has 0 atom stereocenters. The Morgan fingerprint density at radius 3 is 2.40 bits per heavy atom. The van der Waals surface area contributed by atoms with Crippen LogP contribution in [0, 0.1) is 16.6 Å². The lowest BCUT2D eigenvalue weighted by molar-refractivity contribution is -0.152. The smallest absolute Gasteiger partial charge is 0.309 e. The highest BCUT2D eigenvalue weighted by Crippen LogP contribution is 2.47. The van der Waals surface area contributed by atoms with Crippen LogP contribution in [0.25, 0.3) is 0 Å². The number of hydrogen-bond acceptors (Lipinski definition) is 1. The van der Waals surface area contributed by atoms with Crippen molar-refractivity contribution in [1.82, 2.24) is 0 Å². The molecular formula is C16H20ClFO2. The van der Waals surface area contributed by atoms with Gasteiger partial charge >= 0.3 is 5.97 Å². The van der Waals surface area contributed by atoms with Gasteiger partial charge in [0.05, 0.1) is 5.41 Å². The van der Waals surface area contributed by atoms with Gasteiger partial charge in [-0.25, -0.2) is 4.39 Å². The van der Waals surface area contributed by atoms with E-state index < -0.39 is 17.2 Å². The minimum absolute atomic E-state index is 0.200. The highest BCUT2D eigenvalue weighted by atomic mass is 35.5. The second kappa shape index (κ2) is 5.36. The molecule has 1 aliphatic rings. The Kier molecular flexibility index (Phi) is 4.10. The van der Waals surface area contributed by atoms with Crippen LogP contribution in [0.5, 0.6) is 0 Å². The molecule has 1 aromatic rings. The van der Waals surface area contributed by atoms with Gasteiger partial charge in [-0.15, -0.1) is 0 Å². The Hall–Kier alpha value is -1.09. The molecule has 1 aliphatic carbocycles. The van der Waals surface area contributed by atoms with Gasteiger partial charge in [-0.05, 0) is 55.2 Å². The largest absolute Gasteiger partial charge is 0.481 e. The molecule has 0 saturated heterocycles. The highest BCUT2D eigenvalue weighted by Gasteiger charge is 2.44. The fourth-order valence-electron chi connectivity index (χ4n) is 2.90. The molecule has 0 radical (unpaired) electrons. The topological polar surface area (TPSA) is 37.3 Å². The molecule has 2 nitrogen and oxygen atoms in total. The van der Waals surface area contributed by atoms with E-state index in [4.69, 9.17) is 11.6 Å². The highest BCUT2D eigenvalue weighted by molar-refractivity contribution is 6.31. The van der Waals surface area contributed by atoms with Crippen molar-refractivity contribution in [3.8, 4) is 0 Å². The molecule has 1 saturated carbocycles. The van der Waals surface area contributed by atoms with Crippen LogP contribution < -0.4 is 0 Å². The summed E-state index contributed by atoms with van der Waals surface area (Å²) in [6, 6.07) is 4.19. The van der Waals surface area contributed by atoms with Crippen LogP contribution in [0.1, 0.15) is 45.1 Å². The molecule has 0 aromatic heterocycles. The predicted molar refractivity (Wildman–Crippen MR) is 77.4 cm³/mol. The average Bonchev–Trinajstić information content (AvgIpc) is 2.35. The third-order valence-electron chi connectivity index (χ3n) is 4.56. The average molecular weight is 299 g/mol. The number of halogens is 2. The van der Waals surface area contributed by atoms with Crippen molar-refractivity contribution in [3.05, 3.63) is 34.6 Å². The maximum absolute atomic E-state index is 13.1. The van der Waals surface area contributed by atoms with Crippen LogP contribution in [-0.2, 0) is 11.2 Å². The molecule has 1 N–H and O–H groups in total. The van der Waals surface area contributed by atoms with Crippen LogP contribution in [0.2, 0.25) is 5.02 Å². The molecule has 0 heterocycles. The van der Waals surface area contributed by atoms with E-state index >= 15 is 0 Å². The maximum Gasteiger partial charge on any atom is 0.309 e. The van der Waals surface area contributed by atoms with E-state index in [1.54, 1.807) is 6.07 Å². The van der Waals surface area contributed by atoms with Gasteiger partial charge in [0.15, 0.2) is 0 Å². The predicted octanol–water partition coefficient (Wildman–Crippen LogP) is 4.69. The van der Waals surface area contributed by atoms with E-state index in [2.05, 4.69) is 13.8 Å². The minimum Gasteiger partial charge on any atom is -0.481 e. The van der Waals surface area contributed by atoms with Crippen LogP contribution in [0.3, 0.4) is 0 Å². The summed E-state index contributed by atoms with van der Waals surface area (Å²) < 4.78 is 13.1. The lowest BCUT2D eigenvalue weighted by Gasteiger charge is -2.41. The molecule has 20 heavy (non-hydrogen) atoms. The number of benzene rings is 1. The summed E-state index contributed by atoms with van der Waals surface area (Å²) in [4.78, 5) is 11.8. The summed E-state index contributed by atoms with van der Waals surface area (Å²) in [5.41, 5.74) is 0.151. The SMILES string of the molecule is CC1(C)CCC(Cc2ccc(F)cc2Cl)(C(=O)O)CC1. The lowest BCUT2D eigenvalue weighted by Crippen LogP contribution is -2.39. The van der Waals surface area contributed by atoms with Crippen LogP contribution in [0.15, 0.2) is 18.2 Å². The van der Waals surface area contributed by atoms with Crippen molar-refractivity contribution in [1.29, 1.82) is 0 Å². The second-order valence-corrected chi connectivity index (χ2v) is 7.07. The van der Waals surface area contributed by atoms with Gasteiger partial charge in [0.1, 0.15) is 5.82 Å². The molecule has 1 fully saturated rings. The molecule has 2 rings (SSSR count). The van der Waals surface area contributed by atoms with Gasteiger partial charge in [-0.2, -0.15) is 0 Å². The van der Waals surface area contributed by atoms with E-state index in [0.717, 1.165) is 18.4 Å². The van der Waals surface area contributed by atoms with Gasteiger partial charge in [0.2, 0.25) is 0 Å². The number of aliphatic carboxylic acids is 1. The van der Waals surface area contributed by atoms with Crippen molar-refractivity contribution in [3.63, 3.8) is 0 Å². The summed E-state index contributed by atoms with van der Waals surface area (Å²) >= 11 is 6.04. The summed E-state index contributed by atoms with van der Waals surface area (Å²) in [7, 11) is 0. The second-order valence-electron chi connectivity index (χ2n) is 6.66. The van der Waals surface area contributed by atoms with Gasteiger partial charge in [0.25, 0.3) is 0 Å². The first kappa shape index (κ1) is 15.3. The molecule has 0 amide bonds. The first-order valence-electron chi connectivity index (χ1n) is 6.92. The summed E-state index contributed by atoms with van der Waals surface area (Å²) in [6.07, 6.45) is 3.43. The van der Waals surface area contributed by atoms with Crippen molar-refractivity contribution in [2.24, 2.45) is 10.8 Å². The van der Waals surface area contributed by atoms with Crippen molar-refractivity contribution >= 4 is 17.6 Å². The zero-order valence-corrected chi connectivity index (χ0v) is 12.6. The Balaban J connectivity index is 2.24. The fraction of sp³-hybridized carbons (Fsp3) is 0.562. The Morgan fingerprint density at radius 2 is 1.90 bits per heavy atom. The van der Waals surface area contributed by atoms with E-state index in [1.165, 1.54) is 12.1 Å². The third kappa shape index (κ3) is 3.14. The standard InChI is InChI=1S/C16H20ClFO2/c1-15(2)5-7-16(8-6-15,14(19)20)10-11-3-4-12(18)9-13(11)17/h3-4,9H,5-8,10H2,1-2H3,(H,19,20). The van der Waals surface area contributed by atoms with Crippen molar-refractivity contribution in [2.75, 3.05) is 0 Å². The lowest BCUT2D eigenvalue weighted by atomic mass is 9.63. The molecule has 0 spiro atoms. The summed E-state index contributed by atoms with van der Waals surface area (Å²) in [5, 5.41) is 9.96. The van der Waals surface area contributed by atoms with E-state index in [0.29, 0.717) is 24.3 Å². The van der Waals surface area contributed by atoms with Crippen molar-refractivity contribution in [2.45, 2.75) is 46.0 Å². The number of carboxylic acid groups (broad SMARTS) is 1. The monoisotopic (exact) mass is 298 g/mol. The first-order valence-corrected chi connectivity index (χ1v) is 7.29. The molecule has 1 aromatic carbocycles. The van der Waals surface area contributed by atoms with Crippen LogP contribution >= 0.6 is 11.6 Å². The maximum atomic E-state index is 13.1. The summed E-state index contributed by atoms with van der Waals surface area (Å²) in [6.45, 7) is 4.34. The quantitative estimate of drug-likeness (QED) is 0.878. The third-order valence-corrected chi connectivity index (χ3v) is 4.91. The number of rotatable bonds is 3. The molecule has 110 valence electrons. The zero-order valence-electron chi connectivity index (χ0n) is 11.9. The fourth-order valence-corrected chi connectivity index (χ4v) is 3.14. The van der Waals surface area contributed by atoms with Gasteiger partial charge in [-0.1, -0.05) is 31.5 Å². The Bertz CT molecular complexity index is 515. The molecule has 4 heteroatoms. The summed E-state index contributed by atoms with van der Waals surface area (Å²) in [5.74, 6) is -1.17. The molecule has 0 bridgehead atoms. The molecule has 0 unspecified atom stereocenters. The Labute approximate surface area is 123 Å².